The van der Waals surface area contributed by atoms with E-state index in [1.165, 1.54) is 11.3 Å². The van der Waals surface area contributed by atoms with Gasteiger partial charge in [0.05, 0.1) is 12.8 Å². The third kappa shape index (κ3) is 4.88. The Morgan fingerprint density at radius 3 is 2.61 bits per heavy atom. The van der Waals surface area contributed by atoms with Crippen molar-refractivity contribution in [3.05, 3.63) is 64.1 Å². The number of carbonyl (C=O) groups is 2. The van der Waals surface area contributed by atoms with Crippen LogP contribution >= 0.6 is 22.9 Å². The van der Waals surface area contributed by atoms with Crippen molar-refractivity contribution in [1.29, 1.82) is 0 Å². The van der Waals surface area contributed by atoms with Gasteiger partial charge in [-0.2, -0.15) is 0 Å². The van der Waals surface area contributed by atoms with Gasteiger partial charge in [-0.1, -0.05) is 17.7 Å². The molecule has 1 aromatic heterocycles. The van der Waals surface area contributed by atoms with Crippen molar-refractivity contribution >= 4 is 40.5 Å². The molecule has 1 N–H and O–H groups in total. The Bertz CT molecular complexity index is 1000. The molecule has 0 bridgehead atoms. The quantitative estimate of drug-likeness (QED) is 0.595. The van der Waals surface area contributed by atoms with Crippen molar-refractivity contribution in [2.24, 2.45) is 0 Å². The van der Waals surface area contributed by atoms with Crippen molar-refractivity contribution in [2.45, 2.75) is 6.92 Å². The van der Waals surface area contributed by atoms with Gasteiger partial charge in [0.25, 0.3) is 5.91 Å². The van der Waals surface area contributed by atoms with Crippen molar-refractivity contribution in [2.75, 3.05) is 19.0 Å². The molecule has 144 valence electrons. The van der Waals surface area contributed by atoms with Crippen molar-refractivity contribution in [3.8, 4) is 16.3 Å². The van der Waals surface area contributed by atoms with Crippen LogP contribution in [0.15, 0.2) is 48.5 Å². The molecule has 6 nitrogen and oxygen atoms in total. The molecule has 0 aliphatic heterocycles. The molecule has 0 saturated carbocycles. The van der Waals surface area contributed by atoms with E-state index in [9.17, 15) is 9.59 Å². The molecule has 0 aliphatic carbocycles. The Kier molecular flexibility index (Phi) is 6.28. The molecule has 0 atom stereocenters. The van der Waals surface area contributed by atoms with Gasteiger partial charge in [0.15, 0.2) is 6.61 Å². The van der Waals surface area contributed by atoms with Crippen LogP contribution in [-0.2, 0) is 9.53 Å². The minimum absolute atomic E-state index is 0.362. The molecule has 0 aliphatic rings. The number of hydrogen-bond acceptors (Lipinski definition) is 6. The second-order valence-corrected chi connectivity index (χ2v) is 7.23. The molecule has 0 radical (unpaired) electrons. The average molecular weight is 417 g/mol. The highest BCUT2D eigenvalue weighted by Gasteiger charge is 2.19. The van der Waals surface area contributed by atoms with Crippen molar-refractivity contribution < 1.29 is 19.1 Å². The zero-order chi connectivity index (χ0) is 20.1. The van der Waals surface area contributed by atoms with E-state index in [1.54, 1.807) is 38.3 Å². The van der Waals surface area contributed by atoms with E-state index >= 15 is 0 Å². The van der Waals surface area contributed by atoms with Gasteiger partial charge in [0, 0.05) is 16.3 Å². The number of rotatable bonds is 6. The summed E-state index contributed by atoms with van der Waals surface area (Å²) < 4.78 is 10.3. The minimum atomic E-state index is -0.587. The van der Waals surface area contributed by atoms with Crippen LogP contribution < -0.4 is 10.1 Å². The number of thiazole rings is 1. The van der Waals surface area contributed by atoms with E-state index in [4.69, 9.17) is 21.1 Å². The van der Waals surface area contributed by atoms with Crippen LogP contribution in [0.2, 0.25) is 5.02 Å². The number of hydrogen-bond donors (Lipinski definition) is 1. The van der Waals surface area contributed by atoms with Crippen LogP contribution in [0.1, 0.15) is 15.4 Å². The van der Waals surface area contributed by atoms with Gasteiger partial charge in [-0.3, -0.25) is 4.79 Å². The van der Waals surface area contributed by atoms with Crippen LogP contribution in [0.4, 0.5) is 5.69 Å². The third-order valence-electron chi connectivity index (χ3n) is 3.76. The molecular weight excluding hydrogens is 400 g/mol. The third-order valence-corrected chi connectivity index (χ3v) is 5.18. The van der Waals surface area contributed by atoms with E-state index in [2.05, 4.69) is 10.3 Å². The molecule has 0 fully saturated rings. The smallest absolute Gasteiger partial charge is 0.350 e. The zero-order valence-electron chi connectivity index (χ0n) is 15.2. The highest BCUT2D eigenvalue weighted by atomic mass is 35.5. The summed E-state index contributed by atoms with van der Waals surface area (Å²) in [5.74, 6) is -0.299. The summed E-state index contributed by atoms with van der Waals surface area (Å²) in [7, 11) is 1.60. The maximum Gasteiger partial charge on any atom is 0.350 e. The lowest BCUT2D eigenvalue weighted by Gasteiger charge is -2.06. The van der Waals surface area contributed by atoms with Gasteiger partial charge in [0.1, 0.15) is 15.6 Å². The van der Waals surface area contributed by atoms with E-state index in [-0.39, 0.29) is 0 Å². The molecule has 0 saturated heterocycles. The Balaban J connectivity index is 1.62. The molecule has 0 unspecified atom stereocenters. The lowest BCUT2D eigenvalue weighted by molar-refractivity contribution is -0.119. The number of anilines is 1. The molecule has 2 aromatic carbocycles. The SMILES string of the molecule is COc1ccc(-c2nc(C)c(C(=O)OCC(=O)Nc3cccc(Cl)c3)s2)cc1. The number of benzene rings is 2. The standard InChI is InChI=1S/C20H17ClN2O4S/c1-12-18(28-19(22-12)13-6-8-16(26-2)9-7-13)20(25)27-11-17(24)23-15-5-3-4-14(21)10-15/h3-10H,11H2,1-2H3,(H,23,24). The Hall–Kier alpha value is -2.90. The first-order chi connectivity index (χ1) is 13.5. The predicted molar refractivity (Wildman–Crippen MR) is 109 cm³/mol. The van der Waals surface area contributed by atoms with Crippen LogP contribution in [0.3, 0.4) is 0 Å². The van der Waals surface area contributed by atoms with Gasteiger partial charge in [0.2, 0.25) is 0 Å². The monoisotopic (exact) mass is 416 g/mol. The fraction of sp³-hybridized carbons (Fsp3) is 0.150. The van der Waals surface area contributed by atoms with Crippen molar-refractivity contribution in [3.63, 3.8) is 0 Å². The summed E-state index contributed by atoms with van der Waals surface area (Å²) in [6, 6.07) is 14.1. The number of nitrogens with one attached hydrogen (secondary N) is 1. The number of aryl methyl sites for hydroxylation is 1. The maximum absolute atomic E-state index is 12.3. The van der Waals surface area contributed by atoms with Gasteiger partial charge in [-0.15, -0.1) is 11.3 Å². The summed E-state index contributed by atoms with van der Waals surface area (Å²) in [6.07, 6.45) is 0. The first-order valence-corrected chi connectivity index (χ1v) is 9.50. The molecule has 3 rings (SSSR count). The first kappa shape index (κ1) is 19.9. The van der Waals surface area contributed by atoms with Crippen LogP contribution in [0, 0.1) is 6.92 Å². The van der Waals surface area contributed by atoms with E-state index in [1.807, 2.05) is 24.3 Å². The Labute approximate surface area is 171 Å². The molecule has 1 heterocycles. The molecule has 3 aromatic rings. The normalized spacial score (nSPS) is 10.4. The Morgan fingerprint density at radius 1 is 1.18 bits per heavy atom. The predicted octanol–water partition coefficient (Wildman–Crippen LogP) is 4.58. The second kappa shape index (κ2) is 8.86. The topological polar surface area (TPSA) is 77.5 Å². The van der Waals surface area contributed by atoms with Crippen molar-refractivity contribution in [1.82, 2.24) is 4.98 Å². The maximum atomic E-state index is 12.3. The van der Waals surface area contributed by atoms with Crippen LogP contribution in [-0.4, -0.2) is 30.6 Å². The summed E-state index contributed by atoms with van der Waals surface area (Å²) in [5, 5.41) is 3.81. The van der Waals surface area contributed by atoms with Crippen LogP contribution in [0.25, 0.3) is 10.6 Å². The summed E-state index contributed by atoms with van der Waals surface area (Å²) in [5.41, 5.74) is 1.95. The summed E-state index contributed by atoms with van der Waals surface area (Å²) >= 11 is 7.09. The molecular formula is C20H17ClN2O4S. The number of aromatic nitrogens is 1. The molecule has 0 spiro atoms. The highest BCUT2D eigenvalue weighted by molar-refractivity contribution is 7.17. The zero-order valence-corrected chi connectivity index (χ0v) is 16.8. The minimum Gasteiger partial charge on any atom is -0.497 e. The number of nitrogens with zero attached hydrogens (tertiary/aromatic N) is 1. The fourth-order valence-corrected chi connectivity index (χ4v) is 3.56. The number of esters is 1. The largest absolute Gasteiger partial charge is 0.497 e. The van der Waals surface area contributed by atoms with E-state index in [0.717, 1.165) is 11.3 Å². The number of carbonyl (C=O) groups excluding carboxylic acids is 2. The number of amides is 1. The number of halogens is 1. The summed E-state index contributed by atoms with van der Waals surface area (Å²) in [4.78, 5) is 29.1. The van der Waals surface area contributed by atoms with E-state index < -0.39 is 18.5 Å². The van der Waals surface area contributed by atoms with Gasteiger partial charge >= 0.3 is 5.97 Å². The fourth-order valence-electron chi connectivity index (χ4n) is 2.40. The average Bonchev–Trinajstić information content (AvgIpc) is 3.08. The van der Waals surface area contributed by atoms with E-state index in [0.29, 0.717) is 26.3 Å². The Morgan fingerprint density at radius 2 is 1.93 bits per heavy atom. The highest BCUT2D eigenvalue weighted by Crippen LogP contribution is 2.29. The lowest BCUT2D eigenvalue weighted by Crippen LogP contribution is -2.20. The molecule has 1 amide bonds. The number of ether oxygens (including phenoxy) is 2. The lowest BCUT2D eigenvalue weighted by atomic mass is 10.2. The first-order valence-electron chi connectivity index (χ1n) is 8.30. The van der Waals surface area contributed by atoms with Gasteiger partial charge in [-0.25, -0.2) is 9.78 Å². The molecule has 8 heteroatoms. The van der Waals surface area contributed by atoms with Gasteiger partial charge < -0.3 is 14.8 Å². The van der Waals surface area contributed by atoms with Crippen LogP contribution in [0.5, 0.6) is 5.75 Å². The number of methoxy groups -OCH3 is 1. The van der Waals surface area contributed by atoms with Gasteiger partial charge in [-0.05, 0) is 49.4 Å². The molecule has 28 heavy (non-hydrogen) atoms. The second-order valence-electron chi connectivity index (χ2n) is 5.80. The summed E-state index contributed by atoms with van der Waals surface area (Å²) in [6.45, 7) is 1.33.